The molecule has 0 fully saturated rings. The van der Waals surface area contributed by atoms with Gasteiger partial charge in [0, 0.05) is 5.56 Å². The highest BCUT2D eigenvalue weighted by Crippen LogP contribution is 2.25. The van der Waals surface area contributed by atoms with Crippen molar-refractivity contribution < 1.29 is 4.79 Å². The Morgan fingerprint density at radius 3 is 2.15 bits per heavy atom. The molecule has 3 nitrogen and oxygen atoms in total. The molecule has 2 aromatic carbocycles. The summed E-state index contributed by atoms with van der Waals surface area (Å²) in [6.45, 7) is 1.91. The second-order valence-electron chi connectivity index (χ2n) is 4.58. The molecule has 0 aliphatic carbocycles. The van der Waals surface area contributed by atoms with Gasteiger partial charge < -0.3 is 0 Å². The second kappa shape index (κ2) is 5.13. The quantitative estimate of drug-likeness (QED) is 0.675. The maximum Gasteiger partial charge on any atom is 0.154 e. The zero-order valence-electron chi connectivity index (χ0n) is 11.2. The number of carbonyl (C=O) groups is 1. The summed E-state index contributed by atoms with van der Waals surface area (Å²) in [7, 11) is 0. The van der Waals surface area contributed by atoms with E-state index in [9.17, 15) is 4.79 Å². The SMILES string of the molecule is Cc1c(C=O)c(-c2ccccc2)nn1-c1ccccc1. The average Bonchev–Trinajstić information content (AvgIpc) is 2.86. The van der Waals surface area contributed by atoms with Crippen LogP contribution >= 0.6 is 0 Å². The molecule has 0 atom stereocenters. The summed E-state index contributed by atoms with van der Waals surface area (Å²) in [5, 5.41) is 4.61. The van der Waals surface area contributed by atoms with Gasteiger partial charge in [-0.05, 0) is 19.1 Å². The van der Waals surface area contributed by atoms with E-state index in [4.69, 9.17) is 0 Å². The summed E-state index contributed by atoms with van der Waals surface area (Å²) in [5.74, 6) is 0. The van der Waals surface area contributed by atoms with Crippen molar-refractivity contribution in [1.82, 2.24) is 9.78 Å². The Labute approximate surface area is 117 Å². The van der Waals surface area contributed by atoms with E-state index in [2.05, 4.69) is 5.10 Å². The minimum atomic E-state index is 0.639. The maximum absolute atomic E-state index is 11.4. The number of hydrogen-bond acceptors (Lipinski definition) is 2. The number of aldehydes is 1. The van der Waals surface area contributed by atoms with Crippen molar-refractivity contribution in [3.05, 3.63) is 71.9 Å². The molecular weight excluding hydrogens is 248 g/mol. The second-order valence-corrected chi connectivity index (χ2v) is 4.58. The van der Waals surface area contributed by atoms with Crippen molar-refractivity contribution in [3.8, 4) is 16.9 Å². The number of aromatic nitrogens is 2. The van der Waals surface area contributed by atoms with E-state index >= 15 is 0 Å². The lowest BCUT2D eigenvalue weighted by Crippen LogP contribution is -1.98. The lowest BCUT2D eigenvalue weighted by atomic mass is 10.1. The van der Waals surface area contributed by atoms with Gasteiger partial charge in [-0.3, -0.25) is 4.79 Å². The Morgan fingerprint density at radius 1 is 0.950 bits per heavy atom. The van der Waals surface area contributed by atoms with E-state index in [1.54, 1.807) is 0 Å². The van der Waals surface area contributed by atoms with Gasteiger partial charge in [-0.1, -0.05) is 48.5 Å². The zero-order chi connectivity index (χ0) is 13.9. The summed E-state index contributed by atoms with van der Waals surface area (Å²) in [6.07, 6.45) is 0.879. The fraction of sp³-hybridized carbons (Fsp3) is 0.0588. The first kappa shape index (κ1) is 12.4. The van der Waals surface area contributed by atoms with Gasteiger partial charge >= 0.3 is 0 Å². The third-order valence-electron chi connectivity index (χ3n) is 3.33. The lowest BCUT2D eigenvalue weighted by molar-refractivity contribution is 0.112. The van der Waals surface area contributed by atoms with E-state index in [0.29, 0.717) is 5.56 Å². The molecule has 0 radical (unpaired) electrons. The summed E-state index contributed by atoms with van der Waals surface area (Å²) in [4.78, 5) is 11.4. The van der Waals surface area contributed by atoms with Gasteiger partial charge in [0.15, 0.2) is 6.29 Å². The Morgan fingerprint density at radius 2 is 1.55 bits per heavy atom. The topological polar surface area (TPSA) is 34.9 Å². The lowest BCUT2D eigenvalue weighted by Gasteiger charge is -2.03. The number of carbonyl (C=O) groups excluding carboxylic acids is 1. The molecule has 3 aromatic rings. The molecule has 0 aliphatic heterocycles. The summed E-state index contributed by atoms with van der Waals surface area (Å²) >= 11 is 0. The average molecular weight is 262 g/mol. The van der Waals surface area contributed by atoms with Gasteiger partial charge in [0.1, 0.15) is 5.69 Å². The van der Waals surface area contributed by atoms with Crippen molar-refractivity contribution in [2.45, 2.75) is 6.92 Å². The van der Waals surface area contributed by atoms with E-state index in [1.807, 2.05) is 72.3 Å². The summed E-state index contributed by atoms with van der Waals surface area (Å²) in [5.41, 5.74) is 4.12. The van der Waals surface area contributed by atoms with E-state index < -0.39 is 0 Å². The maximum atomic E-state index is 11.4. The fourth-order valence-electron chi connectivity index (χ4n) is 2.29. The van der Waals surface area contributed by atoms with E-state index in [0.717, 1.165) is 28.9 Å². The molecule has 1 heterocycles. The van der Waals surface area contributed by atoms with Crippen molar-refractivity contribution in [2.24, 2.45) is 0 Å². The monoisotopic (exact) mass is 262 g/mol. The standard InChI is InChI=1S/C17H14N2O/c1-13-16(12-20)17(14-8-4-2-5-9-14)18-19(13)15-10-6-3-7-11-15/h2-12H,1H3. The zero-order valence-corrected chi connectivity index (χ0v) is 11.2. The molecule has 0 aliphatic rings. The van der Waals surface area contributed by atoms with Crippen LogP contribution in [0.15, 0.2) is 60.7 Å². The van der Waals surface area contributed by atoms with E-state index in [1.165, 1.54) is 0 Å². The minimum Gasteiger partial charge on any atom is -0.298 e. The molecule has 0 saturated heterocycles. The normalized spacial score (nSPS) is 10.4. The summed E-state index contributed by atoms with van der Waals surface area (Å²) < 4.78 is 1.81. The number of para-hydroxylation sites is 1. The highest BCUT2D eigenvalue weighted by atomic mass is 16.1. The number of hydrogen-bond donors (Lipinski definition) is 0. The molecule has 0 N–H and O–H groups in total. The highest BCUT2D eigenvalue weighted by molar-refractivity contribution is 5.87. The van der Waals surface area contributed by atoms with Gasteiger partial charge in [0.2, 0.25) is 0 Å². The predicted molar refractivity (Wildman–Crippen MR) is 79.1 cm³/mol. The van der Waals surface area contributed by atoms with Gasteiger partial charge in [-0.25, -0.2) is 4.68 Å². The summed E-state index contributed by atoms with van der Waals surface area (Å²) in [6, 6.07) is 19.6. The first-order chi connectivity index (χ1) is 9.81. The third-order valence-corrected chi connectivity index (χ3v) is 3.33. The molecule has 0 saturated carbocycles. The van der Waals surface area contributed by atoms with Gasteiger partial charge in [0.25, 0.3) is 0 Å². The molecule has 1 aromatic heterocycles. The van der Waals surface area contributed by atoms with Crippen LogP contribution in [0.3, 0.4) is 0 Å². The minimum absolute atomic E-state index is 0.639. The first-order valence-electron chi connectivity index (χ1n) is 6.47. The van der Waals surface area contributed by atoms with Gasteiger partial charge in [0.05, 0.1) is 16.9 Å². The van der Waals surface area contributed by atoms with Crippen LogP contribution in [-0.4, -0.2) is 16.1 Å². The molecule has 3 rings (SSSR count). The molecule has 0 bridgehead atoms. The van der Waals surface area contributed by atoms with Crippen LogP contribution in [0.5, 0.6) is 0 Å². The van der Waals surface area contributed by atoms with Gasteiger partial charge in [-0.2, -0.15) is 5.10 Å². The number of rotatable bonds is 3. The largest absolute Gasteiger partial charge is 0.298 e. The molecule has 3 heteroatoms. The Hall–Kier alpha value is -2.68. The fourth-order valence-corrected chi connectivity index (χ4v) is 2.29. The number of nitrogens with zero attached hydrogens (tertiary/aromatic N) is 2. The van der Waals surface area contributed by atoms with Gasteiger partial charge in [-0.15, -0.1) is 0 Å². The van der Waals surface area contributed by atoms with Crippen molar-refractivity contribution in [1.29, 1.82) is 0 Å². The Bertz CT molecular complexity index is 730. The molecular formula is C17H14N2O. The highest BCUT2D eigenvalue weighted by Gasteiger charge is 2.16. The number of benzene rings is 2. The molecule has 0 amide bonds. The third kappa shape index (κ3) is 2.03. The van der Waals surface area contributed by atoms with Crippen LogP contribution in [0.2, 0.25) is 0 Å². The first-order valence-corrected chi connectivity index (χ1v) is 6.47. The van der Waals surface area contributed by atoms with Crippen LogP contribution in [0.4, 0.5) is 0 Å². The van der Waals surface area contributed by atoms with Crippen LogP contribution < -0.4 is 0 Å². The van der Waals surface area contributed by atoms with Crippen LogP contribution in [0, 0.1) is 6.92 Å². The van der Waals surface area contributed by atoms with Crippen LogP contribution in [0.25, 0.3) is 16.9 Å². The molecule has 0 spiro atoms. The molecule has 0 unspecified atom stereocenters. The van der Waals surface area contributed by atoms with E-state index in [-0.39, 0.29) is 0 Å². The smallest absolute Gasteiger partial charge is 0.154 e. The Balaban J connectivity index is 2.21. The van der Waals surface area contributed by atoms with Crippen LogP contribution in [-0.2, 0) is 0 Å². The predicted octanol–water partition coefficient (Wildman–Crippen LogP) is 3.66. The Kier molecular flexibility index (Phi) is 3.17. The molecule has 20 heavy (non-hydrogen) atoms. The van der Waals surface area contributed by atoms with Crippen LogP contribution in [0.1, 0.15) is 16.1 Å². The van der Waals surface area contributed by atoms with Crippen molar-refractivity contribution >= 4 is 6.29 Å². The molecule has 98 valence electrons. The van der Waals surface area contributed by atoms with Crippen molar-refractivity contribution in [2.75, 3.05) is 0 Å². The van der Waals surface area contributed by atoms with Crippen molar-refractivity contribution in [3.63, 3.8) is 0 Å².